The second-order valence-corrected chi connectivity index (χ2v) is 9.16. The van der Waals surface area contributed by atoms with Gasteiger partial charge >= 0.3 is 0 Å². The smallest absolute Gasteiger partial charge is 0.166 e. The molecule has 0 N–H and O–H groups in total. The number of ether oxygens (including phenoxy) is 1. The lowest BCUT2D eigenvalue weighted by molar-refractivity contribution is -0.119. The zero-order valence-corrected chi connectivity index (χ0v) is 19.5. The van der Waals surface area contributed by atoms with Crippen molar-refractivity contribution in [3.8, 4) is 5.75 Å². The van der Waals surface area contributed by atoms with Crippen LogP contribution in [-0.2, 0) is 17.6 Å². The summed E-state index contributed by atoms with van der Waals surface area (Å²) in [7, 11) is 1.60. The highest BCUT2D eigenvalue weighted by Gasteiger charge is 2.43. The van der Waals surface area contributed by atoms with Crippen LogP contribution in [0.3, 0.4) is 0 Å². The van der Waals surface area contributed by atoms with E-state index < -0.39 is 5.82 Å². The second kappa shape index (κ2) is 10.8. The highest BCUT2D eigenvalue weighted by atomic mass is 19.1. The summed E-state index contributed by atoms with van der Waals surface area (Å²) < 4.78 is 20.0. The molecule has 5 rings (SSSR count). The zero-order valence-electron chi connectivity index (χ0n) is 19.5. The minimum Gasteiger partial charge on any atom is -0.497 e. The third-order valence-corrected chi connectivity index (χ3v) is 6.81. The molecule has 36 heavy (non-hydrogen) atoms. The summed E-state index contributed by atoms with van der Waals surface area (Å²) in [5.74, 6) is 0.115. The van der Waals surface area contributed by atoms with E-state index in [1.165, 1.54) is 6.07 Å². The average Bonchev–Trinajstić information content (AvgIpc) is 3.69. The van der Waals surface area contributed by atoms with Crippen LogP contribution in [0.25, 0.3) is 10.8 Å². The van der Waals surface area contributed by atoms with E-state index in [4.69, 9.17) is 4.74 Å². The maximum absolute atomic E-state index is 14.8. The van der Waals surface area contributed by atoms with Crippen molar-refractivity contribution in [3.05, 3.63) is 107 Å². The van der Waals surface area contributed by atoms with Gasteiger partial charge in [0.25, 0.3) is 0 Å². The number of ketones is 2. The molecule has 5 heteroatoms. The summed E-state index contributed by atoms with van der Waals surface area (Å²) in [6, 6.07) is 20.2. The number of carbonyl (C=O) groups excluding carboxylic acids is 2. The normalized spacial score (nSPS) is 16.3. The van der Waals surface area contributed by atoms with Gasteiger partial charge in [0.05, 0.1) is 12.7 Å². The quantitative estimate of drug-likeness (QED) is 0.247. The van der Waals surface area contributed by atoms with E-state index in [2.05, 4.69) is 4.98 Å². The van der Waals surface area contributed by atoms with Crippen LogP contribution in [0.1, 0.15) is 53.2 Å². The van der Waals surface area contributed by atoms with Gasteiger partial charge in [0, 0.05) is 36.5 Å². The highest BCUT2D eigenvalue weighted by molar-refractivity contribution is 5.96. The van der Waals surface area contributed by atoms with Gasteiger partial charge in [-0.15, -0.1) is 0 Å². The minimum absolute atomic E-state index is 0. The fourth-order valence-corrected chi connectivity index (χ4v) is 4.67. The molecule has 1 aromatic heterocycles. The second-order valence-electron chi connectivity index (χ2n) is 9.16. The van der Waals surface area contributed by atoms with Crippen LogP contribution in [-0.4, -0.2) is 23.7 Å². The van der Waals surface area contributed by atoms with Gasteiger partial charge in [-0.05, 0) is 71.2 Å². The molecule has 1 aliphatic carbocycles. The molecular weight excluding hydrogens is 453 g/mol. The van der Waals surface area contributed by atoms with Crippen molar-refractivity contribution in [1.29, 1.82) is 0 Å². The maximum Gasteiger partial charge on any atom is 0.166 e. The van der Waals surface area contributed by atoms with Crippen LogP contribution < -0.4 is 4.74 Å². The highest BCUT2D eigenvalue weighted by Crippen LogP contribution is 2.48. The maximum atomic E-state index is 14.8. The van der Waals surface area contributed by atoms with Crippen LogP contribution in [0.15, 0.2) is 79.1 Å². The van der Waals surface area contributed by atoms with E-state index in [1.807, 2.05) is 48.5 Å². The van der Waals surface area contributed by atoms with Crippen molar-refractivity contribution < 1.29 is 18.7 Å². The monoisotopic (exact) mass is 483 g/mol. The lowest BCUT2D eigenvalue weighted by atomic mass is 9.98. The first-order valence-electron chi connectivity index (χ1n) is 11.8. The number of pyridine rings is 1. The Morgan fingerprint density at radius 1 is 0.972 bits per heavy atom. The number of hydrogen-bond acceptors (Lipinski definition) is 4. The molecule has 0 saturated heterocycles. The Hall–Kier alpha value is -3.86. The minimum atomic E-state index is -0.511. The molecule has 3 aromatic carbocycles. The Labute approximate surface area is 211 Å². The Morgan fingerprint density at radius 2 is 1.75 bits per heavy atom. The molecule has 0 radical (unpaired) electrons. The SMILES string of the molecule is C.COc1ccc(CCC(=O)c2ccc([C@@H]3C[C@H]3C(=O)Cc3ccc4cnccc4c3)cc2F)cc1. The van der Waals surface area contributed by atoms with Crippen LogP contribution in [0.2, 0.25) is 0 Å². The topological polar surface area (TPSA) is 56.3 Å². The molecule has 2 atom stereocenters. The first kappa shape index (κ1) is 25.2. The Bertz CT molecular complexity index is 1400. The number of benzene rings is 3. The lowest BCUT2D eigenvalue weighted by Gasteiger charge is -2.07. The first-order chi connectivity index (χ1) is 17.0. The lowest BCUT2D eigenvalue weighted by Crippen LogP contribution is -2.07. The van der Waals surface area contributed by atoms with E-state index in [0.717, 1.165) is 39.6 Å². The summed E-state index contributed by atoms with van der Waals surface area (Å²) in [6.45, 7) is 0. The van der Waals surface area contributed by atoms with Crippen molar-refractivity contribution >= 4 is 22.3 Å². The third-order valence-electron chi connectivity index (χ3n) is 6.81. The number of Topliss-reactive ketones (excluding diaryl/α,β-unsaturated/α-hetero) is 2. The van der Waals surface area contributed by atoms with Crippen LogP contribution in [0.5, 0.6) is 5.75 Å². The summed E-state index contributed by atoms with van der Waals surface area (Å²) in [6.07, 6.45) is 5.40. The van der Waals surface area contributed by atoms with Gasteiger partial charge in [0.2, 0.25) is 0 Å². The van der Waals surface area contributed by atoms with Crippen LogP contribution in [0.4, 0.5) is 4.39 Å². The molecule has 1 heterocycles. The Kier molecular flexibility index (Phi) is 7.58. The summed E-state index contributed by atoms with van der Waals surface area (Å²) in [4.78, 5) is 29.6. The number of aromatic nitrogens is 1. The van der Waals surface area contributed by atoms with E-state index >= 15 is 0 Å². The summed E-state index contributed by atoms with van der Waals surface area (Å²) in [5.41, 5.74) is 2.87. The van der Waals surface area contributed by atoms with Gasteiger partial charge in [-0.3, -0.25) is 14.6 Å². The predicted octanol–water partition coefficient (Wildman–Crippen LogP) is 6.75. The molecule has 4 nitrogen and oxygen atoms in total. The number of methoxy groups -OCH3 is 1. The molecule has 1 saturated carbocycles. The zero-order chi connectivity index (χ0) is 24.4. The number of fused-ring (bicyclic) bond motifs is 1. The number of rotatable bonds is 9. The van der Waals surface area contributed by atoms with E-state index in [9.17, 15) is 14.0 Å². The molecule has 0 bridgehead atoms. The average molecular weight is 484 g/mol. The van der Waals surface area contributed by atoms with Gasteiger partial charge in [-0.2, -0.15) is 0 Å². The molecule has 1 aliphatic rings. The Balaban J connectivity index is 0.00000304. The van der Waals surface area contributed by atoms with E-state index in [-0.39, 0.29) is 42.8 Å². The largest absolute Gasteiger partial charge is 0.497 e. The van der Waals surface area contributed by atoms with E-state index in [1.54, 1.807) is 31.6 Å². The first-order valence-corrected chi connectivity index (χ1v) is 11.8. The molecule has 4 aromatic rings. The molecule has 0 amide bonds. The summed E-state index contributed by atoms with van der Waals surface area (Å²) in [5, 5.41) is 2.11. The number of hydrogen-bond donors (Lipinski definition) is 0. The molecule has 184 valence electrons. The van der Waals surface area contributed by atoms with Crippen molar-refractivity contribution in [2.75, 3.05) is 7.11 Å². The van der Waals surface area contributed by atoms with Crippen molar-refractivity contribution in [1.82, 2.24) is 4.98 Å². The predicted molar refractivity (Wildman–Crippen MR) is 140 cm³/mol. The van der Waals surface area contributed by atoms with Gasteiger partial charge in [-0.25, -0.2) is 4.39 Å². The van der Waals surface area contributed by atoms with Crippen molar-refractivity contribution in [2.24, 2.45) is 5.92 Å². The van der Waals surface area contributed by atoms with E-state index in [0.29, 0.717) is 12.8 Å². The number of aryl methyl sites for hydroxylation is 1. The van der Waals surface area contributed by atoms with Crippen molar-refractivity contribution in [3.63, 3.8) is 0 Å². The van der Waals surface area contributed by atoms with Crippen LogP contribution >= 0.6 is 0 Å². The molecule has 1 fully saturated rings. The van der Waals surface area contributed by atoms with Gasteiger partial charge in [-0.1, -0.05) is 43.8 Å². The van der Waals surface area contributed by atoms with Crippen molar-refractivity contribution in [2.45, 2.75) is 39.0 Å². The number of halogens is 1. The Morgan fingerprint density at radius 3 is 2.50 bits per heavy atom. The fraction of sp³-hybridized carbons (Fsp3) is 0.258. The number of carbonyl (C=O) groups is 2. The van der Waals surface area contributed by atoms with Gasteiger partial charge in [0.1, 0.15) is 17.3 Å². The third kappa shape index (κ3) is 5.51. The molecular formula is C31H30FNO3. The molecule has 0 spiro atoms. The van der Waals surface area contributed by atoms with Gasteiger partial charge < -0.3 is 4.74 Å². The number of nitrogens with zero attached hydrogens (tertiary/aromatic N) is 1. The summed E-state index contributed by atoms with van der Waals surface area (Å²) >= 11 is 0. The molecule has 0 aliphatic heterocycles. The standard InChI is InChI=1S/C30H26FNO3.CH4/c1-35-24-8-3-19(4-9-24)5-11-29(33)25-10-7-22(16-28(25)31)26-17-27(26)30(34)15-20-2-6-23-18-32-13-12-21(23)14-20;/h2-4,6-10,12-14,16,18,26-27H,5,11,15,17H2,1H3;1H4/t26-,27+;/m0./s1. The fourth-order valence-electron chi connectivity index (χ4n) is 4.67. The van der Waals surface area contributed by atoms with Crippen LogP contribution in [0, 0.1) is 11.7 Å². The van der Waals surface area contributed by atoms with Gasteiger partial charge in [0.15, 0.2) is 5.78 Å². The molecule has 0 unspecified atom stereocenters.